The molecule has 0 heterocycles. The maximum atomic E-state index is 11.5. The van der Waals surface area contributed by atoms with Crippen LogP contribution in [0.15, 0.2) is 0 Å². The summed E-state index contributed by atoms with van der Waals surface area (Å²) in [7, 11) is 0. The largest absolute Gasteiger partial charge is 0.390 e. The summed E-state index contributed by atoms with van der Waals surface area (Å²) in [5.41, 5.74) is 0.523. The minimum absolute atomic E-state index is 0.369. The monoisotopic (exact) mass is 360 g/mol. The minimum atomic E-state index is -0.425. The van der Waals surface area contributed by atoms with Crippen LogP contribution < -0.4 is 0 Å². The van der Waals surface area contributed by atoms with Gasteiger partial charge in [0.05, 0.1) is 5.60 Å². The van der Waals surface area contributed by atoms with Crippen molar-refractivity contribution in [3.8, 4) is 0 Å². The van der Waals surface area contributed by atoms with Crippen molar-refractivity contribution in [3.05, 3.63) is 0 Å². The maximum Gasteiger partial charge on any atom is 0.129 e. The van der Waals surface area contributed by atoms with Crippen LogP contribution in [0.3, 0.4) is 0 Å². The molecule has 0 aliphatic heterocycles. The van der Waals surface area contributed by atoms with E-state index >= 15 is 0 Å². The molecule has 0 aromatic carbocycles. The molecule has 0 spiro atoms. The number of rotatable bonds is 3. The van der Waals surface area contributed by atoms with Gasteiger partial charge in [0.15, 0.2) is 0 Å². The van der Waals surface area contributed by atoms with Crippen LogP contribution in [0.5, 0.6) is 0 Å². The molecule has 4 aliphatic rings. The van der Waals surface area contributed by atoms with Gasteiger partial charge in [-0.25, -0.2) is 0 Å². The van der Waals surface area contributed by atoms with E-state index in [-0.39, 0.29) is 0 Å². The Balaban J connectivity index is 1.53. The first-order chi connectivity index (χ1) is 12.2. The summed E-state index contributed by atoms with van der Waals surface area (Å²) in [6.07, 6.45) is 13.4. The van der Waals surface area contributed by atoms with E-state index in [0.717, 1.165) is 55.3 Å². The smallest absolute Gasteiger partial charge is 0.129 e. The molecule has 2 heteroatoms. The van der Waals surface area contributed by atoms with E-state index in [1.54, 1.807) is 6.92 Å². The Morgan fingerprint density at radius 2 is 1.65 bits per heavy atom. The Morgan fingerprint density at radius 1 is 0.923 bits per heavy atom. The summed E-state index contributed by atoms with van der Waals surface area (Å²) in [5.74, 6) is 4.54. The molecule has 1 N–H and O–H groups in total. The van der Waals surface area contributed by atoms with Gasteiger partial charge in [0.2, 0.25) is 0 Å². The van der Waals surface area contributed by atoms with E-state index in [1.165, 1.54) is 44.9 Å². The summed E-state index contributed by atoms with van der Waals surface area (Å²) >= 11 is 0. The van der Waals surface area contributed by atoms with Gasteiger partial charge in [0, 0.05) is 6.42 Å². The number of fused-ring (bicyclic) bond motifs is 5. The van der Waals surface area contributed by atoms with Crippen LogP contribution >= 0.6 is 0 Å². The van der Waals surface area contributed by atoms with Gasteiger partial charge in [-0.1, -0.05) is 13.8 Å². The second-order valence-corrected chi connectivity index (χ2v) is 11.4. The van der Waals surface area contributed by atoms with Gasteiger partial charge in [0.1, 0.15) is 5.78 Å². The lowest BCUT2D eigenvalue weighted by molar-refractivity contribution is -0.146. The van der Waals surface area contributed by atoms with Gasteiger partial charge >= 0.3 is 0 Å². The molecular formula is C24H40O2. The highest BCUT2D eigenvalue weighted by atomic mass is 16.3. The van der Waals surface area contributed by atoms with Crippen molar-refractivity contribution in [2.75, 3.05) is 0 Å². The Labute approximate surface area is 160 Å². The lowest BCUT2D eigenvalue weighted by Gasteiger charge is -2.62. The minimum Gasteiger partial charge on any atom is -0.390 e. The van der Waals surface area contributed by atoms with Crippen molar-refractivity contribution in [1.29, 1.82) is 0 Å². The van der Waals surface area contributed by atoms with Gasteiger partial charge in [-0.3, -0.25) is 0 Å². The van der Waals surface area contributed by atoms with Crippen molar-refractivity contribution in [1.82, 2.24) is 0 Å². The third-order valence-corrected chi connectivity index (χ3v) is 9.99. The number of ketones is 1. The predicted molar refractivity (Wildman–Crippen MR) is 106 cm³/mol. The van der Waals surface area contributed by atoms with Crippen LogP contribution in [0.2, 0.25) is 0 Å². The van der Waals surface area contributed by atoms with Crippen molar-refractivity contribution < 1.29 is 9.90 Å². The van der Waals surface area contributed by atoms with Gasteiger partial charge in [-0.15, -0.1) is 0 Å². The lowest BCUT2D eigenvalue weighted by Crippen LogP contribution is -2.55. The fraction of sp³-hybridized carbons (Fsp3) is 0.958. The highest BCUT2D eigenvalue weighted by Crippen LogP contribution is 2.68. The fourth-order valence-electron chi connectivity index (χ4n) is 8.39. The fourth-order valence-corrected chi connectivity index (χ4v) is 8.39. The first-order valence-electron chi connectivity index (χ1n) is 11.4. The third-order valence-electron chi connectivity index (χ3n) is 9.99. The molecular weight excluding hydrogens is 320 g/mol. The number of carbonyl (C=O) groups is 1. The van der Waals surface area contributed by atoms with E-state index in [0.29, 0.717) is 16.6 Å². The summed E-state index contributed by atoms with van der Waals surface area (Å²) in [4.78, 5) is 11.5. The van der Waals surface area contributed by atoms with Crippen LogP contribution in [0.1, 0.15) is 98.3 Å². The quantitative estimate of drug-likeness (QED) is 0.694. The van der Waals surface area contributed by atoms with E-state index in [2.05, 4.69) is 20.8 Å². The second kappa shape index (κ2) is 6.33. The summed E-state index contributed by atoms with van der Waals surface area (Å²) < 4.78 is 0. The van der Waals surface area contributed by atoms with Gasteiger partial charge in [-0.05, 0) is 118 Å². The second-order valence-electron chi connectivity index (χ2n) is 11.4. The first-order valence-corrected chi connectivity index (χ1v) is 11.4. The molecule has 26 heavy (non-hydrogen) atoms. The zero-order valence-corrected chi connectivity index (χ0v) is 17.5. The van der Waals surface area contributed by atoms with Crippen LogP contribution in [0, 0.1) is 40.4 Å². The van der Waals surface area contributed by atoms with Gasteiger partial charge in [-0.2, -0.15) is 0 Å². The molecule has 4 aliphatic carbocycles. The molecule has 4 saturated carbocycles. The first kappa shape index (κ1) is 19.0. The number of Topliss-reactive ketones (excluding diaryl/α,β-unsaturated/α-hetero) is 1. The molecule has 0 amide bonds. The van der Waals surface area contributed by atoms with Crippen molar-refractivity contribution >= 4 is 5.78 Å². The molecule has 4 fully saturated rings. The summed E-state index contributed by atoms with van der Waals surface area (Å²) in [6, 6.07) is 0. The molecule has 0 aromatic rings. The molecule has 2 nitrogen and oxygen atoms in total. The molecule has 3 unspecified atom stereocenters. The number of carbonyl (C=O) groups excluding carboxylic acids is 1. The molecule has 0 saturated heterocycles. The highest BCUT2D eigenvalue weighted by Gasteiger charge is 2.60. The topological polar surface area (TPSA) is 37.3 Å². The average Bonchev–Trinajstić information content (AvgIpc) is 2.90. The van der Waals surface area contributed by atoms with Crippen molar-refractivity contribution in [2.45, 2.75) is 104 Å². The Bertz CT molecular complexity index is 567. The van der Waals surface area contributed by atoms with E-state index < -0.39 is 5.60 Å². The predicted octanol–water partition coefficient (Wildman–Crippen LogP) is 5.77. The standard InChI is InChI=1S/C24H40O2/c1-16(25)5-6-17-8-10-20-19-9-7-18-15-22(2,26)13-14-24(18,4)21(19)11-12-23(17,20)3/h17-21,26H,5-15H2,1-4H3/t17-,18-,19?,20?,21?,22-,23+,24-/m0/s1. The van der Waals surface area contributed by atoms with Crippen LogP contribution in [-0.2, 0) is 4.79 Å². The summed E-state index contributed by atoms with van der Waals surface area (Å²) in [5, 5.41) is 10.6. The van der Waals surface area contributed by atoms with Crippen molar-refractivity contribution in [3.63, 3.8) is 0 Å². The maximum absolute atomic E-state index is 11.5. The zero-order chi connectivity index (χ0) is 18.7. The normalized spacial score (nSPS) is 53.5. The number of hydrogen-bond acceptors (Lipinski definition) is 2. The SMILES string of the molecule is CC(=O)CC[C@H]1CCC2C3CC[C@H]4C[C@@](C)(O)CC[C@]4(C)C3CC[C@@]21C. The van der Waals surface area contributed by atoms with E-state index in [1.807, 2.05) is 0 Å². The van der Waals surface area contributed by atoms with Crippen LogP contribution in [0.4, 0.5) is 0 Å². The van der Waals surface area contributed by atoms with Crippen LogP contribution in [-0.4, -0.2) is 16.5 Å². The summed E-state index contributed by atoms with van der Waals surface area (Å²) in [6.45, 7) is 8.97. The number of aliphatic hydroxyl groups is 1. The average molecular weight is 361 g/mol. The lowest BCUT2D eigenvalue weighted by atomic mass is 9.44. The zero-order valence-electron chi connectivity index (χ0n) is 17.5. The molecule has 148 valence electrons. The van der Waals surface area contributed by atoms with E-state index in [4.69, 9.17) is 0 Å². The molecule has 0 radical (unpaired) electrons. The Morgan fingerprint density at radius 3 is 2.38 bits per heavy atom. The van der Waals surface area contributed by atoms with Crippen LogP contribution in [0.25, 0.3) is 0 Å². The van der Waals surface area contributed by atoms with Gasteiger partial charge in [0.25, 0.3) is 0 Å². The third kappa shape index (κ3) is 2.90. The van der Waals surface area contributed by atoms with Crippen molar-refractivity contribution in [2.24, 2.45) is 40.4 Å². The molecule has 0 aromatic heterocycles. The Hall–Kier alpha value is -0.370. The molecule has 8 atom stereocenters. The highest BCUT2D eigenvalue weighted by molar-refractivity contribution is 5.75. The molecule has 0 bridgehead atoms. The van der Waals surface area contributed by atoms with Gasteiger partial charge < -0.3 is 9.90 Å². The Kier molecular flexibility index (Phi) is 4.61. The van der Waals surface area contributed by atoms with E-state index in [9.17, 15) is 9.90 Å². The number of hydrogen-bond donors (Lipinski definition) is 1. The molecule has 4 rings (SSSR count).